The smallest absolute Gasteiger partial charge is 0.255 e. The molecule has 4 heteroatoms. The number of benzene rings is 1. The van der Waals surface area contributed by atoms with Crippen LogP contribution < -0.4 is 5.32 Å². The van der Waals surface area contributed by atoms with E-state index in [0.29, 0.717) is 25.1 Å². The largest absolute Gasteiger partial charge is 0.396 e. The third-order valence-electron chi connectivity index (χ3n) is 2.93. The first-order valence-electron chi connectivity index (χ1n) is 6.32. The number of aryl methyl sites for hydroxylation is 1. The number of amides is 1. The van der Waals surface area contributed by atoms with Crippen molar-refractivity contribution in [2.24, 2.45) is 0 Å². The van der Waals surface area contributed by atoms with E-state index in [9.17, 15) is 4.79 Å². The number of nitrogens with zero attached hydrogens (tertiary/aromatic N) is 1. The summed E-state index contributed by atoms with van der Waals surface area (Å²) >= 11 is 0. The lowest BCUT2D eigenvalue weighted by atomic mass is 10.1. The first kappa shape index (κ1) is 14.5. The zero-order valence-corrected chi connectivity index (χ0v) is 11.4. The highest BCUT2D eigenvalue weighted by Gasteiger charge is 2.16. The van der Waals surface area contributed by atoms with Gasteiger partial charge >= 0.3 is 0 Å². The Morgan fingerprint density at radius 2 is 2.17 bits per heavy atom. The van der Waals surface area contributed by atoms with Crippen LogP contribution in [0.3, 0.4) is 0 Å². The number of aliphatic hydroxyl groups excluding tert-OH is 1. The van der Waals surface area contributed by atoms with Crippen LogP contribution in [-0.4, -0.2) is 42.7 Å². The molecule has 1 aromatic carbocycles. The Bertz CT molecular complexity index is 405. The second kappa shape index (κ2) is 7.01. The van der Waals surface area contributed by atoms with Crippen LogP contribution in [0.15, 0.2) is 18.2 Å². The van der Waals surface area contributed by atoms with Crippen LogP contribution in [0, 0.1) is 6.92 Å². The number of rotatable bonds is 6. The molecule has 0 aliphatic heterocycles. The van der Waals surface area contributed by atoms with Gasteiger partial charge in [0.25, 0.3) is 5.91 Å². The molecule has 0 aliphatic rings. The van der Waals surface area contributed by atoms with Crippen molar-refractivity contribution in [2.45, 2.75) is 20.3 Å². The summed E-state index contributed by atoms with van der Waals surface area (Å²) in [6.07, 6.45) is 0.611. The molecule has 0 radical (unpaired) electrons. The molecule has 18 heavy (non-hydrogen) atoms. The van der Waals surface area contributed by atoms with Crippen LogP contribution in [0.25, 0.3) is 0 Å². The number of aliphatic hydroxyl groups is 1. The van der Waals surface area contributed by atoms with Crippen LogP contribution in [0.4, 0.5) is 5.69 Å². The fourth-order valence-corrected chi connectivity index (χ4v) is 1.89. The van der Waals surface area contributed by atoms with Crippen LogP contribution in [-0.2, 0) is 0 Å². The van der Waals surface area contributed by atoms with Gasteiger partial charge in [-0.15, -0.1) is 0 Å². The Labute approximate surface area is 109 Å². The quantitative estimate of drug-likeness (QED) is 0.810. The predicted octanol–water partition coefficient (Wildman–Crippen LogP) is 1.88. The molecule has 100 valence electrons. The van der Waals surface area contributed by atoms with Crippen LogP contribution in [0.5, 0.6) is 0 Å². The molecule has 0 unspecified atom stereocenters. The van der Waals surface area contributed by atoms with Crippen molar-refractivity contribution in [2.75, 3.05) is 32.1 Å². The molecule has 0 bridgehead atoms. The van der Waals surface area contributed by atoms with Crippen molar-refractivity contribution in [1.29, 1.82) is 0 Å². The minimum Gasteiger partial charge on any atom is -0.396 e. The zero-order chi connectivity index (χ0) is 13.5. The minimum atomic E-state index is 0.00954. The van der Waals surface area contributed by atoms with Gasteiger partial charge in [0.15, 0.2) is 0 Å². The highest BCUT2D eigenvalue weighted by molar-refractivity contribution is 5.99. The molecule has 4 nitrogen and oxygen atoms in total. The molecule has 0 aliphatic carbocycles. The monoisotopic (exact) mass is 250 g/mol. The van der Waals surface area contributed by atoms with E-state index >= 15 is 0 Å². The summed E-state index contributed by atoms with van der Waals surface area (Å²) < 4.78 is 0. The highest BCUT2D eigenvalue weighted by Crippen LogP contribution is 2.19. The Morgan fingerprint density at radius 1 is 1.44 bits per heavy atom. The maximum absolute atomic E-state index is 12.4. The fourth-order valence-electron chi connectivity index (χ4n) is 1.89. The third kappa shape index (κ3) is 3.47. The van der Waals surface area contributed by atoms with Gasteiger partial charge < -0.3 is 15.3 Å². The van der Waals surface area contributed by atoms with Crippen molar-refractivity contribution in [3.8, 4) is 0 Å². The Balaban J connectivity index is 2.93. The van der Waals surface area contributed by atoms with E-state index < -0.39 is 0 Å². The van der Waals surface area contributed by atoms with Crippen LogP contribution in [0.1, 0.15) is 29.3 Å². The molecule has 2 N–H and O–H groups in total. The normalized spacial score (nSPS) is 10.2. The van der Waals surface area contributed by atoms with Gasteiger partial charge in [-0.25, -0.2) is 0 Å². The number of anilines is 1. The Morgan fingerprint density at radius 3 is 2.72 bits per heavy atom. The van der Waals surface area contributed by atoms with Crippen molar-refractivity contribution in [3.63, 3.8) is 0 Å². The summed E-state index contributed by atoms with van der Waals surface area (Å²) in [5, 5.41) is 11.9. The van der Waals surface area contributed by atoms with E-state index in [0.717, 1.165) is 11.3 Å². The number of carbonyl (C=O) groups excluding carboxylic acids is 1. The molecular formula is C14H22N2O2. The van der Waals surface area contributed by atoms with Gasteiger partial charge in [0, 0.05) is 32.4 Å². The second-order valence-corrected chi connectivity index (χ2v) is 4.26. The lowest BCUT2D eigenvalue weighted by molar-refractivity contribution is 0.0755. The average molecular weight is 250 g/mol. The van der Waals surface area contributed by atoms with E-state index in [1.807, 2.05) is 39.1 Å². The first-order valence-corrected chi connectivity index (χ1v) is 6.32. The molecule has 1 rings (SSSR count). The maximum atomic E-state index is 12.4. The summed E-state index contributed by atoms with van der Waals surface area (Å²) in [5.41, 5.74) is 2.65. The fraction of sp³-hybridized carbons (Fsp3) is 0.500. The average Bonchev–Trinajstić information content (AvgIpc) is 2.39. The summed E-state index contributed by atoms with van der Waals surface area (Å²) in [7, 11) is 1.82. The van der Waals surface area contributed by atoms with E-state index in [1.165, 1.54) is 0 Å². The molecule has 0 fully saturated rings. The van der Waals surface area contributed by atoms with Crippen LogP contribution in [0.2, 0.25) is 0 Å². The molecule has 0 aromatic heterocycles. The van der Waals surface area contributed by atoms with Gasteiger partial charge in [-0.3, -0.25) is 4.79 Å². The highest BCUT2D eigenvalue weighted by atomic mass is 16.3. The predicted molar refractivity (Wildman–Crippen MR) is 74.0 cm³/mol. The van der Waals surface area contributed by atoms with Gasteiger partial charge in [-0.2, -0.15) is 0 Å². The number of hydrogen-bond donors (Lipinski definition) is 2. The van der Waals surface area contributed by atoms with Crippen LogP contribution >= 0.6 is 0 Å². The van der Waals surface area contributed by atoms with Gasteiger partial charge in [-0.05, 0) is 38.0 Å². The molecule has 0 spiro atoms. The van der Waals surface area contributed by atoms with E-state index in [1.54, 1.807) is 4.90 Å². The topological polar surface area (TPSA) is 52.6 Å². The minimum absolute atomic E-state index is 0.00954. The molecule has 0 saturated heterocycles. The van der Waals surface area contributed by atoms with Gasteiger partial charge in [0.05, 0.1) is 5.56 Å². The summed E-state index contributed by atoms with van der Waals surface area (Å²) in [4.78, 5) is 14.1. The molecule has 0 saturated carbocycles. The number of carbonyl (C=O) groups is 1. The van der Waals surface area contributed by atoms with Crippen molar-refractivity contribution in [1.82, 2.24) is 4.90 Å². The van der Waals surface area contributed by atoms with Gasteiger partial charge in [0.1, 0.15) is 0 Å². The lowest BCUT2D eigenvalue weighted by Crippen LogP contribution is -2.32. The van der Waals surface area contributed by atoms with E-state index in [4.69, 9.17) is 5.11 Å². The van der Waals surface area contributed by atoms with Gasteiger partial charge in [-0.1, -0.05) is 6.07 Å². The number of hydrogen-bond acceptors (Lipinski definition) is 3. The summed E-state index contributed by atoms with van der Waals surface area (Å²) in [5.74, 6) is 0.00954. The van der Waals surface area contributed by atoms with Crippen molar-refractivity contribution >= 4 is 11.6 Å². The summed E-state index contributed by atoms with van der Waals surface area (Å²) in [6, 6.07) is 5.76. The maximum Gasteiger partial charge on any atom is 0.255 e. The SMILES string of the molecule is CCN(CCCO)C(=O)c1ccc(C)cc1NC. The summed E-state index contributed by atoms with van der Waals surface area (Å²) in [6.45, 7) is 5.29. The first-order chi connectivity index (χ1) is 8.63. The van der Waals surface area contributed by atoms with E-state index in [-0.39, 0.29) is 12.5 Å². The van der Waals surface area contributed by atoms with Gasteiger partial charge in [0.2, 0.25) is 0 Å². The van der Waals surface area contributed by atoms with E-state index in [2.05, 4.69) is 5.32 Å². The third-order valence-corrected chi connectivity index (χ3v) is 2.93. The molecule has 0 heterocycles. The van der Waals surface area contributed by atoms with Crippen molar-refractivity contribution in [3.05, 3.63) is 29.3 Å². The van der Waals surface area contributed by atoms with Crippen molar-refractivity contribution < 1.29 is 9.90 Å². The number of nitrogens with one attached hydrogen (secondary N) is 1. The standard InChI is InChI=1S/C14H22N2O2/c1-4-16(8-5-9-17)14(18)12-7-6-11(2)10-13(12)15-3/h6-7,10,15,17H,4-5,8-9H2,1-3H3. The molecule has 1 aromatic rings. The lowest BCUT2D eigenvalue weighted by Gasteiger charge is -2.22. The Kier molecular flexibility index (Phi) is 5.65. The Hall–Kier alpha value is -1.55. The molecular weight excluding hydrogens is 228 g/mol. The zero-order valence-electron chi connectivity index (χ0n) is 11.4. The molecule has 0 atom stereocenters. The molecule has 1 amide bonds. The second-order valence-electron chi connectivity index (χ2n) is 4.26.